The van der Waals surface area contributed by atoms with Gasteiger partial charge in [0.1, 0.15) is 5.00 Å². The molecule has 3 rings (SSSR count). The molecule has 2 aromatic rings. The monoisotopic (exact) mass is 489 g/mol. The molecule has 0 bridgehead atoms. The first-order valence-corrected chi connectivity index (χ1v) is 13.0. The third kappa shape index (κ3) is 5.66. The van der Waals surface area contributed by atoms with Gasteiger partial charge >= 0.3 is 5.97 Å². The van der Waals surface area contributed by atoms with Crippen molar-refractivity contribution >= 4 is 28.2 Å². The SMILES string of the molecule is CCOC(=O)c1c(NC(=O)c2cc(OCC)c(OCC)c(OCC)c2)sc2c1CCC(CC)C2. The van der Waals surface area contributed by atoms with Crippen LogP contribution in [0, 0.1) is 5.92 Å². The first-order valence-electron chi connectivity index (χ1n) is 12.2. The third-order valence-electron chi connectivity index (χ3n) is 5.82. The second-order valence-electron chi connectivity index (χ2n) is 8.00. The van der Waals surface area contributed by atoms with Crippen LogP contribution in [0.5, 0.6) is 17.2 Å². The minimum absolute atomic E-state index is 0.281. The van der Waals surface area contributed by atoms with E-state index in [1.54, 1.807) is 19.1 Å². The molecule has 1 N–H and O–H groups in total. The maximum Gasteiger partial charge on any atom is 0.341 e. The second-order valence-corrected chi connectivity index (χ2v) is 9.11. The number of ether oxygens (including phenoxy) is 4. The van der Waals surface area contributed by atoms with Crippen molar-refractivity contribution in [1.82, 2.24) is 0 Å². The largest absolute Gasteiger partial charge is 0.490 e. The van der Waals surface area contributed by atoms with Crippen LogP contribution in [0.3, 0.4) is 0 Å². The molecule has 0 saturated heterocycles. The Hall–Kier alpha value is -2.74. The van der Waals surface area contributed by atoms with Crippen molar-refractivity contribution in [3.05, 3.63) is 33.7 Å². The van der Waals surface area contributed by atoms with E-state index in [0.29, 0.717) is 59.1 Å². The number of hydrogen-bond acceptors (Lipinski definition) is 7. The van der Waals surface area contributed by atoms with Gasteiger partial charge in [-0.1, -0.05) is 13.3 Å². The van der Waals surface area contributed by atoms with Gasteiger partial charge in [-0.25, -0.2) is 4.79 Å². The zero-order valence-corrected chi connectivity index (χ0v) is 21.6. The van der Waals surface area contributed by atoms with Crippen LogP contribution in [0.25, 0.3) is 0 Å². The number of rotatable bonds is 11. The van der Waals surface area contributed by atoms with Gasteiger partial charge < -0.3 is 24.3 Å². The lowest BCUT2D eigenvalue weighted by atomic mass is 9.85. The standard InChI is InChI=1S/C26H35NO6S/c1-6-16-11-12-18-21(13-16)34-25(22(18)26(29)33-10-5)27-24(28)17-14-19(30-7-2)23(32-9-4)20(15-17)31-8-3/h14-16H,6-13H2,1-5H3,(H,27,28). The van der Waals surface area contributed by atoms with Crippen LogP contribution in [0.4, 0.5) is 5.00 Å². The van der Waals surface area contributed by atoms with Crippen LogP contribution < -0.4 is 19.5 Å². The molecule has 1 aliphatic carbocycles. The number of nitrogens with one attached hydrogen (secondary N) is 1. The van der Waals surface area contributed by atoms with E-state index in [9.17, 15) is 9.59 Å². The number of thiophene rings is 1. The van der Waals surface area contributed by atoms with Crippen LogP contribution in [0.1, 0.15) is 78.6 Å². The summed E-state index contributed by atoms with van der Waals surface area (Å²) in [7, 11) is 0. The molecule has 0 aliphatic heterocycles. The zero-order chi connectivity index (χ0) is 24.7. The number of amides is 1. The van der Waals surface area contributed by atoms with Gasteiger partial charge in [0.15, 0.2) is 11.5 Å². The van der Waals surface area contributed by atoms with E-state index in [1.807, 2.05) is 20.8 Å². The molecule has 0 saturated carbocycles. The van der Waals surface area contributed by atoms with Gasteiger partial charge in [-0.3, -0.25) is 4.79 Å². The molecule has 0 fully saturated rings. The number of benzene rings is 1. The van der Waals surface area contributed by atoms with E-state index in [-0.39, 0.29) is 18.5 Å². The Bertz CT molecular complexity index is 988. The average Bonchev–Trinajstić information content (AvgIpc) is 3.18. The lowest BCUT2D eigenvalue weighted by Crippen LogP contribution is -2.17. The third-order valence-corrected chi connectivity index (χ3v) is 6.99. The second kappa shape index (κ2) is 12.1. The molecule has 1 unspecified atom stereocenters. The molecule has 1 amide bonds. The number of carbonyl (C=O) groups is 2. The number of carbonyl (C=O) groups excluding carboxylic acids is 2. The summed E-state index contributed by atoms with van der Waals surface area (Å²) in [6, 6.07) is 3.30. The summed E-state index contributed by atoms with van der Waals surface area (Å²) < 4.78 is 22.6. The first kappa shape index (κ1) is 25.9. The van der Waals surface area contributed by atoms with Crippen molar-refractivity contribution < 1.29 is 28.5 Å². The van der Waals surface area contributed by atoms with E-state index in [0.717, 1.165) is 36.1 Å². The molecular weight excluding hydrogens is 454 g/mol. The highest BCUT2D eigenvalue weighted by atomic mass is 32.1. The van der Waals surface area contributed by atoms with Gasteiger partial charge in [-0.15, -0.1) is 11.3 Å². The lowest BCUT2D eigenvalue weighted by Gasteiger charge is -2.21. The summed E-state index contributed by atoms with van der Waals surface area (Å²) in [5.41, 5.74) is 1.87. The maximum absolute atomic E-state index is 13.4. The fourth-order valence-electron chi connectivity index (χ4n) is 4.20. The summed E-state index contributed by atoms with van der Waals surface area (Å²) in [6.07, 6.45) is 3.87. The summed E-state index contributed by atoms with van der Waals surface area (Å²) in [5, 5.41) is 3.51. The van der Waals surface area contributed by atoms with E-state index in [2.05, 4.69) is 12.2 Å². The molecule has 1 aliphatic rings. The predicted octanol–water partition coefficient (Wildman–Crippen LogP) is 5.89. The molecule has 0 spiro atoms. The van der Waals surface area contributed by atoms with Crippen molar-refractivity contribution in [3.8, 4) is 17.2 Å². The Morgan fingerprint density at radius 2 is 1.62 bits per heavy atom. The van der Waals surface area contributed by atoms with Crippen molar-refractivity contribution in [2.75, 3.05) is 31.7 Å². The highest BCUT2D eigenvalue weighted by Crippen LogP contribution is 2.42. The van der Waals surface area contributed by atoms with Gasteiger partial charge in [-0.2, -0.15) is 0 Å². The fraction of sp³-hybridized carbons (Fsp3) is 0.538. The minimum atomic E-state index is -0.387. The molecular formula is C26H35NO6S. The molecule has 1 atom stereocenters. The smallest absolute Gasteiger partial charge is 0.341 e. The quantitative estimate of drug-likeness (QED) is 0.397. The molecule has 0 radical (unpaired) electrons. The van der Waals surface area contributed by atoms with Crippen LogP contribution in [-0.4, -0.2) is 38.3 Å². The zero-order valence-electron chi connectivity index (χ0n) is 20.7. The Balaban J connectivity index is 1.99. The molecule has 7 nitrogen and oxygen atoms in total. The van der Waals surface area contributed by atoms with Crippen molar-refractivity contribution in [2.24, 2.45) is 5.92 Å². The van der Waals surface area contributed by atoms with Crippen molar-refractivity contribution in [3.63, 3.8) is 0 Å². The van der Waals surface area contributed by atoms with E-state index >= 15 is 0 Å². The highest BCUT2D eigenvalue weighted by Gasteiger charge is 2.30. The number of hydrogen-bond donors (Lipinski definition) is 1. The Morgan fingerprint density at radius 3 is 2.18 bits per heavy atom. The minimum Gasteiger partial charge on any atom is -0.490 e. The Labute approximate surface area is 205 Å². The maximum atomic E-state index is 13.4. The molecule has 34 heavy (non-hydrogen) atoms. The van der Waals surface area contributed by atoms with Crippen molar-refractivity contribution in [2.45, 2.75) is 60.3 Å². The highest BCUT2D eigenvalue weighted by molar-refractivity contribution is 7.17. The molecule has 1 aromatic carbocycles. The number of esters is 1. The van der Waals surface area contributed by atoms with Crippen LogP contribution in [-0.2, 0) is 17.6 Å². The average molecular weight is 490 g/mol. The van der Waals surface area contributed by atoms with Gasteiger partial charge in [0.25, 0.3) is 5.91 Å². The van der Waals surface area contributed by atoms with E-state index < -0.39 is 0 Å². The summed E-state index contributed by atoms with van der Waals surface area (Å²) >= 11 is 1.48. The number of anilines is 1. The summed E-state index contributed by atoms with van der Waals surface area (Å²) in [4.78, 5) is 27.4. The molecule has 1 heterocycles. The van der Waals surface area contributed by atoms with E-state index in [1.165, 1.54) is 11.3 Å². The molecule has 186 valence electrons. The van der Waals surface area contributed by atoms with Gasteiger partial charge in [0, 0.05) is 10.4 Å². The topological polar surface area (TPSA) is 83.1 Å². The van der Waals surface area contributed by atoms with Gasteiger partial charge in [0.05, 0.1) is 32.0 Å². The first-order chi connectivity index (χ1) is 16.5. The summed E-state index contributed by atoms with van der Waals surface area (Å²) in [5.74, 6) is 1.23. The predicted molar refractivity (Wildman–Crippen MR) is 134 cm³/mol. The van der Waals surface area contributed by atoms with Crippen molar-refractivity contribution in [1.29, 1.82) is 0 Å². The van der Waals surface area contributed by atoms with E-state index in [4.69, 9.17) is 18.9 Å². The molecule has 8 heteroatoms. The Morgan fingerprint density at radius 1 is 0.971 bits per heavy atom. The van der Waals surface area contributed by atoms with Crippen LogP contribution >= 0.6 is 11.3 Å². The summed E-state index contributed by atoms with van der Waals surface area (Å²) in [6.45, 7) is 11.1. The Kier molecular flexibility index (Phi) is 9.21. The fourth-order valence-corrected chi connectivity index (χ4v) is 5.55. The van der Waals surface area contributed by atoms with Crippen LogP contribution in [0.2, 0.25) is 0 Å². The lowest BCUT2D eigenvalue weighted by molar-refractivity contribution is 0.0526. The van der Waals surface area contributed by atoms with Gasteiger partial charge in [-0.05, 0) is 70.6 Å². The van der Waals surface area contributed by atoms with Crippen LogP contribution in [0.15, 0.2) is 12.1 Å². The normalized spacial score (nSPS) is 14.8. The van der Waals surface area contributed by atoms with Gasteiger partial charge in [0.2, 0.25) is 5.75 Å². The molecule has 1 aromatic heterocycles. The number of fused-ring (bicyclic) bond motifs is 1.